The van der Waals surface area contributed by atoms with E-state index in [1.54, 1.807) is 24.8 Å². The minimum absolute atomic E-state index is 0.583. The van der Waals surface area contributed by atoms with Crippen LogP contribution in [0.25, 0.3) is 10.2 Å². The van der Waals surface area contributed by atoms with Crippen molar-refractivity contribution in [3.05, 3.63) is 42.0 Å². The van der Waals surface area contributed by atoms with Crippen molar-refractivity contribution >= 4 is 27.4 Å². The normalized spacial score (nSPS) is 10.6. The van der Waals surface area contributed by atoms with Crippen molar-refractivity contribution in [3.8, 4) is 11.5 Å². The lowest BCUT2D eigenvalue weighted by molar-refractivity contribution is 0.325. The smallest absolute Gasteiger partial charge is 0.149 e. The fourth-order valence-electron chi connectivity index (χ4n) is 2.13. The lowest BCUT2D eigenvalue weighted by atomic mass is 10.3. The Labute approximate surface area is 133 Å². The molecular weight excluding hydrogens is 298 g/mol. The van der Waals surface area contributed by atoms with Crippen LogP contribution in [-0.2, 0) is 0 Å². The Morgan fingerprint density at radius 3 is 2.64 bits per heavy atom. The molecule has 0 aliphatic heterocycles. The first-order valence-electron chi connectivity index (χ1n) is 6.94. The number of hydrogen-bond donors (Lipinski definition) is 0. The summed E-state index contributed by atoms with van der Waals surface area (Å²) >= 11 is 1.65. The number of methoxy groups -OCH3 is 1. The molecule has 0 aliphatic carbocycles. The van der Waals surface area contributed by atoms with E-state index in [1.807, 2.05) is 42.8 Å². The monoisotopic (exact) mass is 315 g/mol. The SMILES string of the molecule is COc1ccc(OCCN(C)c2ncnc3ccsc23)cc1. The number of thiophene rings is 1. The summed E-state index contributed by atoms with van der Waals surface area (Å²) in [6.07, 6.45) is 1.60. The molecule has 0 aliphatic rings. The lowest BCUT2D eigenvalue weighted by Gasteiger charge is -2.18. The van der Waals surface area contributed by atoms with Gasteiger partial charge in [-0.15, -0.1) is 11.3 Å². The predicted octanol–water partition coefficient (Wildman–Crippen LogP) is 3.22. The minimum Gasteiger partial charge on any atom is -0.497 e. The number of fused-ring (bicyclic) bond motifs is 1. The van der Waals surface area contributed by atoms with E-state index in [0.717, 1.165) is 34.1 Å². The topological polar surface area (TPSA) is 47.5 Å². The molecule has 0 unspecified atom stereocenters. The Hall–Kier alpha value is -2.34. The van der Waals surface area contributed by atoms with Gasteiger partial charge in [-0.1, -0.05) is 0 Å². The van der Waals surface area contributed by atoms with Crippen molar-refractivity contribution in [2.45, 2.75) is 0 Å². The van der Waals surface area contributed by atoms with Crippen LogP contribution in [0.1, 0.15) is 0 Å². The highest BCUT2D eigenvalue weighted by Gasteiger charge is 2.09. The molecule has 2 heterocycles. The van der Waals surface area contributed by atoms with Crippen LogP contribution in [-0.4, -0.2) is 37.3 Å². The number of anilines is 1. The van der Waals surface area contributed by atoms with Gasteiger partial charge in [-0.3, -0.25) is 0 Å². The molecule has 0 saturated heterocycles. The van der Waals surface area contributed by atoms with Crippen LogP contribution in [0.4, 0.5) is 5.82 Å². The third-order valence-corrected chi connectivity index (χ3v) is 4.24. The predicted molar refractivity (Wildman–Crippen MR) is 89.2 cm³/mol. The summed E-state index contributed by atoms with van der Waals surface area (Å²) in [6.45, 7) is 1.33. The first-order valence-corrected chi connectivity index (χ1v) is 7.82. The van der Waals surface area contributed by atoms with Gasteiger partial charge in [-0.2, -0.15) is 0 Å². The summed E-state index contributed by atoms with van der Waals surface area (Å²) in [5, 5.41) is 2.03. The quantitative estimate of drug-likeness (QED) is 0.699. The first-order chi connectivity index (χ1) is 10.8. The van der Waals surface area contributed by atoms with E-state index >= 15 is 0 Å². The standard InChI is InChI=1S/C16H17N3O2S/c1-19(16-15-14(7-10-22-15)17-11-18-16)8-9-21-13-5-3-12(20-2)4-6-13/h3-7,10-11H,8-9H2,1-2H3. The maximum atomic E-state index is 5.75. The average molecular weight is 315 g/mol. The maximum Gasteiger partial charge on any atom is 0.149 e. The van der Waals surface area contributed by atoms with Crippen molar-refractivity contribution in [1.82, 2.24) is 9.97 Å². The van der Waals surface area contributed by atoms with Gasteiger partial charge in [-0.05, 0) is 35.7 Å². The molecule has 0 fully saturated rings. The van der Waals surface area contributed by atoms with Gasteiger partial charge in [0.1, 0.15) is 30.3 Å². The minimum atomic E-state index is 0.583. The molecule has 0 atom stereocenters. The second-order valence-electron chi connectivity index (χ2n) is 4.78. The first kappa shape index (κ1) is 14.6. The zero-order valence-electron chi connectivity index (χ0n) is 12.5. The molecule has 0 spiro atoms. The number of benzene rings is 1. The highest BCUT2D eigenvalue weighted by Crippen LogP contribution is 2.27. The van der Waals surface area contributed by atoms with Gasteiger partial charge in [0.25, 0.3) is 0 Å². The molecule has 1 aromatic carbocycles. The molecule has 0 radical (unpaired) electrons. The van der Waals surface area contributed by atoms with Crippen molar-refractivity contribution in [3.63, 3.8) is 0 Å². The molecule has 22 heavy (non-hydrogen) atoms. The molecule has 0 amide bonds. The summed E-state index contributed by atoms with van der Waals surface area (Å²) in [5.41, 5.74) is 0.984. The zero-order chi connectivity index (χ0) is 15.4. The maximum absolute atomic E-state index is 5.75. The second kappa shape index (κ2) is 6.62. The van der Waals surface area contributed by atoms with E-state index in [1.165, 1.54) is 0 Å². The number of ether oxygens (including phenoxy) is 2. The van der Waals surface area contributed by atoms with Gasteiger partial charge in [0.05, 0.1) is 23.9 Å². The molecule has 6 heteroatoms. The van der Waals surface area contributed by atoms with Gasteiger partial charge in [0, 0.05) is 7.05 Å². The van der Waals surface area contributed by atoms with Crippen molar-refractivity contribution in [1.29, 1.82) is 0 Å². The Morgan fingerprint density at radius 2 is 1.86 bits per heavy atom. The summed E-state index contributed by atoms with van der Waals surface area (Å²) < 4.78 is 12.0. The number of likely N-dealkylation sites (N-methyl/N-ethyl adjacent to an activating group) is 1. The van der Waals surface area contributed by atoms with E-state index in [0.29, 0.717) is 6.61 Å². The molecular formula is C16H17N3O2S. The van der Waals surface area contributed by atoms with Crippen LogP contribution in [0.5, 0.6) is 11.5 Å². The van der Waals surface area contributed by atoms with E-state index < -0.39 is 0 Å². The van der Waals surface area contributed by atoms with Crippen LogP contribution >= 0.6 is 11.3 Å². The molecule has 5 nitrogen and oxygen atoms in total. The summed E-state index contributed by atoms with van der Waals surface area (Å²) in [7, 11) is 3.66. The molecule has 0 bridgehead atoms. The summed E-state index contributed by atoms with van der Waals surface area (Å²) in [4.78, 5) is 10.7. The van der Waals surface area contributed by atoms with E-state index in [2.05, 4.69) is 14.9 Å². The Kier molecular flexibility index (Phi) is 4.39. The van der Waals surface area contributed by atoms with Crippen molar-refractivity contribution in [2.24, 2.45) is 0 Å². The highest BCUT2D eigenvalue weighted by molar-refractivity contribution is 7.17. The van der Waals surface area contributed by atoms with Crippen LogP contribution in [0.2, 0.25) is 0 Å². The van der Waals surface area contributed by atoms with E-state index in [-0.39, 0.29) is 0 Å². The summed E-state index contributed by atoms with van der Waals surface area (Å²) in [6, 6.07) is 9.59. The van der Waals surface area contributed by atoms with Gasteiger partial charge in [0.2, 0.25) is 0 Å². The van der Waals surface area contributed by atoms with Crippen molar-refractivity contribution in [2.75, 3.05) is 32.2 Å². The zero-order valence-corrected chi connectivity index (χ0v) is 13.3. The van der Waals surface area contributed by atoms with Gasteiger partial charge in [-0.25, -0.2) is 9.97 Å². The fraction of sp³-hybridized carbons (Fsp3) is 0.250. The number of rotatable bonds is 6. The Morgan fingerprint density at radius 1 is 1.09 bits per heavy atom. The van der Waals surface area contributed by atoms with Crippen molar-refractivity contribution < 1.29 is 9.47 Å². The third kappa shape index (κ3) is 3.12. The van der Waals surface area contributed by atoms with Crippen LogP contribution in [0.15, 0.2) is 42.0 Å². The lowest BCUT2D eigenvalue weighted by Crippen LogP contribution is -2.24. The second-order valence-corrected chi connectivity index (χ2v) is 5.69. The molecule has 0 N–H and O–H groups in total. The third-order valence-electron chi connectivity index (χ3n) is 3.34. The van der Waals surface area contributed by atoms with Gasteiger partial charge >= 0.3 is 0 Å². The van der Waals surface area contributed by atoms with Crippen LogP contribution in [0, 0.1) is 0 Å². The molecule has 3 aromatic rings. The average Bonchev–Trinajstić information content (AvgIpc) is 3.04. The Bertz CT molecular complexity index is 742. The largest absolute Gasteiger partial charge is 0.497 e. The number of aromatic nitrogens is 2. The van der Waals surface area contributed by atoms with Crippen LogP contribution < -0.4 is 14.4 Å². The molecule has 2 aromatic heterocycles. The Balaban J connectivity index is 1.60. The molecule has 114 valence electrons. The summed E-state index contributed by atoms with van der Waals surface area (Å²) in [5.74, 6) is 2.60. The highest BCUT2D eigenvalue weighted by atomic mass is 32.1. The number of nitrogens with zero attached hydrogens (tertiary/aromatic N) is 3. The van der Waals surface area contributed by atoms with Crippen LogP contribution in [0.3, 0.4) is 0 Å². The van der Waals surface area contributed by atoms with E-state index in [9.17, 15) is 0 Å². The fourth-order valence-corrected chi connectivity index (χ4v) is 3.01. The van der Waals surface area contributed by atoms with Gasteiger partial charge < -0.3 is 14.4 Å². The van der Waals surface area contributed by atoms with Gasteiger partial charge in [0.15, 0.2) is 0 Å². The molecule has 3 rings (SSSR count). The number of hydrogen-bond acceptors (Lipinski definition) is 6. The van der Waals surface area contributed by atoms with E-state index in [4.69, 9.17) is 9.47 Å². The molecule has 0 saturated carbocycles.